The summed E-state index contributed by atoms with van der Waals surface area (Å²) in [7, 11) is -4.03. The molecule has 1 aromatic heterocycles. The zero-order chi connectivity index (χ0) is 14.0. The molecule has 0 saturated carbocycles. The van der Waals surface area contributed by atoms with Crippen LogP contribution in [0.25, 0.3) is 0 Å². The van der Waals surface area contributed by atoms with E-state index < -0.39 is 20.7 Å². The van der Waals surface area contributed by atoms with Crippen molar-refractivity contribution in [3.63, 3.8) is 0 Å². The van der Waals surface area contributed by atoms with E-state index in [1.54, 1.807) is 11.6 Å². The molecule has 3 N–H and O–H groups in total. The number of aromatic nitrogens is 1. The molecular formula is C10H9ClFN3O2S2. The maximum atomic E-state index is 13.7. The Morgan fingerprint density at radius 3 is 2.84 bits per heavy atom. The van der Waals surface area contributed by atoms with E-state index in [0.29, 0.717) is 5.01 Å². The number of nitrogen functional groups attached to an aromatic ring is 1. The zero-order valence-electron chi connectivity index (χ0n) is 9.43. The van der Waals surface area contributed by atoms with Crippen LogP contribution in [0.15, 0.2) is 28.6 Å². The number of halogens is 2. The van der Waals surface area contributed by atoms with Crippen LogP contribution < -0.4 is 10.5 Å². The highest BCUT2D eigenvalue weighted by molar-refractivity contribution is 7.89. The molecule has 0 aliphatic carbocycles. The summed E-state index contributed by atoms with van der Waals surface area (Å²) in [5, 5.41) is 2.33. The minimum atomic E-state index is -4.03. The molecule has 0 saturated heterocycles. The van der Waals surface area contributed by atoms with Crippen molar-refractivity contribution in [2.45, 2.75) is 11.4 Å². The van der Waals surface area contributed by atoms with Crippen molar-refractivity contribution in [3.8, 4) is 0 Å². The maximum Gasteiger partial charge on any atom is 0.244 e. The Bertz CT molecular complexity index is 689. The summed E-state index contributed by atoms with van der Waals surface area (Å²) in [5.74, 6) is -1.02. The number of sulfonamides is 1. The second-order valence-electron chi connectivity index (χ2n) is 3.56. The van der Waals surface area contributed by atoms with Gasteiger partial charge in [0.2, 0.25) is 10.0 Å². The molecule has 0 spiro atoms. The van der Waals surface area contributed by atoms with Gasteiger partial charge in [0, 0.05) is 16.6 Å². The Morgan fingerprint density at radius 1 is 1.47 bits per heavy atom. The number of nitrogens with zero attached hydrogens (tertiary/aromatic N) is 1. The molecule has 19 heavy (non-hydrogen) atoms. The molecule has 102 valence electrons. The number of hydrogen-bond acceptors (Lipinski definition) is 5. The van der Waals surface area contributed by atoms with Gasteiger partial charge in [0.05, 0.1) is 12.2 Å². The SMILES string of the molecule is Nc1cc(Cl)cc(S(=O)(=O)NCc2nccs2)c1F. The Labute approximate surface area is 118 Å². The second kappa shape index (κ2) is 5.41. The van der Waals surface area contributed by atoms with Gasteiger partial charge in [-0.1, -0.05) is 11.6 Å². The molecule has 0 fully saturated rings. The van der Waals surface area contributed by atoms with Crippen LogP contribution >= 0.6 is 22.9 Å². The normalized spacial score (nSPS) is 11.7. The lowest BCUT2D eigenvalue weighted by atomic mass is 10.3. The highest BCUT2D eigenvalue weighted by atomic mass is 35.5. The van der Waals surface area contributed by atoms with Crippen LogP contribution in [0.4, 0.5) is 10.1 Å². The third-order valence-electron chi connectivity index (χ3n) is 2.22. The number of thiazole rings is 1. The van der Waals surface area contributed by atoms with E-state index in [4.69, 9.17) is 17.3 Å². The quantitative estimate of drug-likeness (QED) is 0.843. The van der Waals surface area contributed by atoms with Gasteiger partial charge in [-0.05, 0) is 12.1 Å². The van der Waals surface area contributed by atoms with E-state index in [0.717, 1.165) is 12.1 Å². The molecule has 0 radical (unpaired) electrons. The van der Waals surface area contributed by atoms with E-state index in [1.165, 1.54) is 11.3 Å². The number of benzene rings is 1. The first-order valence-corrected chi connectivity index (χ1v) is 7.77. The van der Waals surface area contributed by atoms with Gasteiger partial charge in [-0.3, -0.25) is 0 Å². The highest BCUT2D eigenvalue weighted by Crippen LogP contribution is 2.25. The topological polar surface area (TPSA) is 85.1 Å². The van der Waals surface area contributed by atoms with Crippen LogP contribution in [-0.2, 0) is 16.6 Å². The lowest BCUT2D eigenvalue weighted by Crippen LogP contribution is -2.24. The summed E-state index contributed by atoms with van der Waals surface area (Å²) in [6.07, 6.45) is 1.55. The first kappa shape index (κ1) is 14.2. The Balaban J connectivity index is 2.29. The van der Waals surface area contributed by atoms with E-state index in [-0.39, 0.29) is 17.3 Å². The standard InChI is InChI=1S/C10H9ClFN3O2S2/c11-6-3-7(13)10(12)8(4-6)19(16,17)15-5-9-14-1-2-18-9/h1-4,15H,5,13H2. The van der Waals surface area contributed by atoms with E-state index >= 15 is 0 Å². The zero-order valence-corrected chi connectivity index (χ0v) is 11.8. The number of nitrogens with one attached hydrogen (secondary N) is 1. The van der Waals surface area contributed by atoms with Crippen molar-refractivity contribution in [1.29, 1.82) is 0 Å². The number of hydrogen-bond donors (Lipinski definition) is 2. The predicted molar refractivity (Wildman–Crippen MR) is 72.0 cm³/mol. The van der Waals surface area contributed by atoms with Gasteiger partial charge in [-0.2, -0.15) is 0 Å². The van der Waals surface area contributed by atoms with Crippen LogP contribution in [-0.4, -0.2) is 13.4 Å². The van der Waals surface area contributed by atoms with Crippen LogP contribution in [0.1, 0.15) is 5.01 Å². The van der Waals surface area contributed by atoms with Gasteiger partial charge in [-0.25, -0.2) is 22.5 Å². The summed E-state index contributed by atoms with van der Waals surface area (Å²) in [5.41, 5.74) is 5.03. The first-order chi connectivity index (χ1) is 8.90. The van der Waals surface area contributed by atoms with Crippen molar-refractivity contribution in [1.82, 2.24) is 9.71 Å². The predicted octanol–water partition coefficient (Wildman–Crippen LogP) is 2.00. The molecule has 0 amide bonds. The Kier molecular flexibility index (Phi) is 4.04. The van der Waals surface area contributed by atoms with Gasteiger partial charge in [0.15, 0.2) is 5.82 Å². The fraction of sp³-hybridized carbons (Fsp3) is 0.100. The van der Waals surface area contributed by atoms with Gasteiger partial charge in [0.1, 0.15) is 9.90 Å². The molecule has 0 bridgehead atoms. The Morgan fingerprint density at radius 2 is 2.21 bits per heavy atom. The summed E-state index contributed by atoms with van der Waals surface area (Å²) < 4.78 is 39.9. The average molecular weight is 322 g/mol. The molecule has 0 unspecified atom stereocenters. The molecule has 1 aromatic carbocycles. The minimum Gasteiger partial charge on any atom is -0.396 e. The number of rotatable bonds is 4. The van der Waals surface area contributed by atoms with Crippen molar-refractivity contribution in [2.24, 2.45) is 0 Å². The van der Waals surface area contributed by atoms with E-state index in [2.05, 4.69) is 9.71 Å². The molecular weight excluding hydrogens is 313 g/mol. The van der Waals surface area contributed by atoms with Gasteiger partial charge < -0.3 is 5.73 Å². The molecule has 0 aliphatic heterocycles. The molecule has 2 aromatic rings. The maximum absolute atomic E-state index is 13.7. The number of anilines is 1. The fourth-order valence-electron chi connectivity index (χ4n) is 1.35. The second-order valence-corrected chi connectivity index (χ2v) is 6.71. The summed E-state index contributed by atoms with van der Waals surface area (Å²) in [6.45, 7) is -0.0220. The lowest BCUT2D eigenvalue weighted by Gasteiger charge is -2.08. The summed E-state index contributed by atoms with van der Waals surface area (Å²) in [4.78, 5) is 3.34. The van der Waals surface area contributed by atoms with Crippen LogP contribution in [0.2, 0.25) is 5.02 Å². The highest BCUT2D eigenvalue weighted by Gasteiger charge is 2.21. The third kappa shape index (κ3) is 3.21. The summed E-state index contributed by atoms with van der Waals surface area (Å²) in [6, 6.07) is 2.16. The Hall–Kier alpha value is -1.22. The van der Waals surface area contributed by atoms with Crippen molar-refractivity contribution >= 4 is 38.6 Å². The van der Waals surface area contributed by atoms with Gasteiger partial charge in [-0.15, -0.1) is 11.3 Å². The largest absolute Gasteiger partial charge is 0.396 e. The monoisotopic (exact) mass is 321 g/mol. The van der Waals surface area contributed by atoms with Crippen molar-refractivity contribution < 1.29 is 12.8 Å². The van der Waals surface area contributed by atoms with Crippen LogP contribution in [0.5, 0.6) is 0 Å². The van der Waals surface area contributed by atoms with Crippen LogP contribution in [0.3, 0.4) is 0 Å². The fourth-order valence-corrected chi connectivity index (χ4v) is 3.41. The van der Waals surface area contributed by atoms with E-state index in [1.807, 2.05) is 0 Å². The van der Waals surface area contributed by atoms with Crippen molar-refractivity contribution in [3.05, 3.63) is 39.6 Å². The molecule has 1 heterocycles. The molecule has 2 rings (SSSR count). The van der Waals surface area contributed by atoms with Crippen LogP contribution in [0, 0.1) is 5.82 Å². The minimum absolute atomic E-state index is 0.0220. The van der Waals surface area contributed by atoms with Gasteiger partial charge in [0.25, 0.3) is 0 Å². The smallest absolute Gasteiger partial charge is 0.244 e. The number of nitrogens with two attached hydrogens (primary N) is 1. The van der Waals surface area contributed by atoms with Crippen molar-refractivity contribution in [2.75, 3.05) is 5.73 Å². The summed E-state index contributed by atoms with van der Waals surface area (Å²) >= 11 is 6.97. The van der Waals surface area contributed by atoms with Gasteiger partial charge >= 0.3 is 0 Å². The molecule has 5 nitrogen and oxygen atoms in total. The first-order valence-electron chi connectivity index (χ1n) is 5.02. The van der Waals surface area contributed by atoms with E-state index in [9.17, 15) is 12.8 Å². The third-order valence-corrected chi connectivity index (χ3v) is 4.62. The average Bonchev–Trinajstić information content (AvgIpc) is 2.84. The lowest BCUT2D eigenvalue weighted by molar-refractivity contribution is 0.558. The molecule has 0 atom stereocenters. The molecule has 0 aliphatic rings. The molecule has 9 heteroatoms.